The van der Waals surface area contributed by atoms with E-state index in [1.807, 2.05) is 40.9 Å². The quantitative estimate of drug-likeness (QED) is 0.169. The van der Waals surface area contributed by atoms with Crippen LogP contribution in [0.1, 0.15) is 0 Å². The summed E-state index contributed by atoms with van der Waals surface area (Å²) >= 11 is 3.70. The molecule has 2 nitrogen and oxygen atoms in total. The van der Waals surface area contributed by atoms with Crippen LogP contribution < -0.4 is 0 Å². The van der Waals surface area contributed by atoms with Crippen molar-refractivity contribution in [1.29, 1.82) is 0 Å². The highest BCUT2D eigenvalue weighted by Gasteiger charge is 2.16. The van der Waals surface area contributed by atoms with E-state index in [0.29, 0.717) is 5.82 Å². The molecule has 11 aromatic rings. The zero-order valence-electron chi connectivity index (χ0n) is 30.2. The van der Waals surface area contributed by atoms with Crippen LogP contribution in [0.25, 0.3) is 108 Å². The van der Waals surface area contributed by atoms with Crippen molar-refractivity contribution in [2.45, 2.75) is 0 Å². The third-order valence-corrected chi connectivity index (χ3v) is 13.0. The van der Waals surface area contributed by atoms with E-state index < -0.39 is 0 Å². The fourth-order valence-corrected chi connectivity index (χ4v) is 10.0. The maximum Gasteiger partial charge on any atom is 0.160 e. The number of benzene rings is 8. The van der Waals surface area contributed by atoms with Crippen molar-refractivity contribution in [3.63, 3.8) is 0 Å². The fraction of sp³-hybridized carbons (Fsp3) is 0. The summed E-state index contributed by atoms with van der Waals surface area (Å²) in [6.07, 6.45) is 0. The highest BCUT2D eigenvalue weighted by Crippen LogP contribution is 2.41. The van der Waals surface area contributed by atoms with Crippen molar-refractivity contribution in [2.75, 3.05) is 0 Å². The van der Waals surface area contributed by atoms with Crippen molar-refractivity contribution in [3.8, 4) is 67.3 Å². The van der Waals surface area contributed by atoms with Gasteiger partial charge in [0, 0.05) is 57.0 Å². The van der Waals surface area contributed by atoms with E-state index in [1.54, 1.807) is 0 Å². The summed E-state index contributed by atoms with van der Waals surface area (Å²) in [6.45, 7) is 0. The Kier molecular flexibility index (Phi) is 7.90. The van der Waals surface area contributed by atoms with Crippen LogP contribution in [0.15, 0.2) is 194 Å². The van der Waals surface area contributed by atoms with Crippen LogP contribution in [0.4, 0.5) is 0 Å². The number of rotatable bonds is 6. The van der Waals surface area contributed by atoms with Gasteiger partial charge in [0.2, 0.25) is 0 Å². The molecule has 0 aliphatic rings. The molecule has 11 rings (SSSR count). The number of fused-ring (bicyclic) bond motifs is 6. The second-order valence-corrected chi connectivity index (χ2v) is 16.4. The van der Waals surface area contributed by atoms with Gasteiger partial charge in [0.05, 0.1) is 11.4 Å². The lowest BCUT2D eigenvalue weighted by Gasteiger charge is -2.14. The molecule has 262 valence electrons. The minimum absolute atomic E-state index is 0.701. The van der Waals surface area contributed by atoms with E-state index in [2.05, 4.69) is 176 Å². The normalized spacial score (nSPS) is 11.6. The van der Waals surface area contributed by atoms with E-state index in [9.17, 15) is 0 Å². The lowest BCUT2D eigenvalue weighted by molar-refractivity contribution is 1.18. The van der Waals surface area contributed by atoms with Crippen molar-refractivity contribution >= 4 is 63.0 Å². The van der Waals surface area contributed by atoms with Crippen LogP contribution in [-0.4, -0.2) is 9.97 Å². The molecular formula is C52H32N2S2. The monoisotopic (exact) mass is 748 g/mol. The second kappa shape index (κ2) is 13.5. The molecule has 0 amide bonds. The van der Waals surface area contributed by atoms with Gasteiger partial charge in [-0.1, -0.05) is 127 Å². The summed E-state index contributed by atoms with van der Waals surface area (Å²) in [6, 6.07) is 69.9. The molecule has 0 unspecified atom stereocenters. The minimum Gasteiger partial charge on any atom is -0.228 e. The number of thiophene rings is 2. The van der Waals surface area contributed by atoms with E-state index in [0.717, 1.165) is 44.8 Å². The van der Waals surface area contributed by atoms with Gasteiger partial charge in [-0.3, -0.25) is 0 Å². The van der Waals surface area contributed by atoms with Crippen LogP contribution in [0.5, 0.6) is 0 Å². The Morgan fingerprint density at radius 1 is 0.250 bits per heavy atom. The Morgan fingerprint density at radius 3 is 1.29 bits per heavy atom. The lowest BCUT2D eigenvalue weighted by atomic mass is 9.93. The molecule has 0 spiro atoms. The van der Waals surface area contributed by atoms with Crippen molar-refractivity contribution < 1.29 is 0 Å². The highest BCUT2D eigenvalue weighted by atomic mass is 32.1. The predicted molar refractivity (Wildman–Crippen MR) is 240 cm³/mol. The standard InChI is InChI=1S/C52H32N2S2/c1-3-12-33(13-4-1)35-16-11-17-38(26-35)46-32-47(54-52(53-46)34-14-5-2-6-15-34)41-28-39(36-22-24-50-44(30-36)42-18-7-9-20-48(42)55-50)27-40(29-41)37-23-25-51-45(31-37)43-19-8-10-21-49(43)56-51/h1-32H. The van der Waals surface area contributed by atoms with Crippen LogP contribution in [0.3, 0.4) is 0 Å². The van der Waals surface area contributed by atoms with E-state index in [-0.39, 0.29) is 0 Å². The molecule has 0 saturated carbocycles. The molecule has 0 N–H and O–H groups in total. The Hall–Kier alpha value is -6.72. The molecule has 0 atom stereocenters. The van der Waals surface area contributed by atoms with Gasteiger partial charge in [0.15, 0.2) is 5.82 Å². The number of aromatic nitrogens is 2. The highest BCUT2D eigenvalue weighted by molar-refractivity contribution is 7.26. The summed E-state index contributed by atoms with van der Waals surface area (Å²) < 4.78 is 5.21. The van der Waals surface area contributed by atoms with Gasteiger partial charge in [0.1, 0.15) is 0 Å². The molecule has 0 fully saturated rings. The Labute approximate surface area is 332 Å². The second-order valence-electron chi connectivity index (χ2n) is 14.2. The van der Waals surface area contributed by atoms with Gasteiger partial charge >= 0.3 is 0 Å². The molecule has 0 aliphatic carbocycles. The smallest absolute Gasteiger partial charge is 0.160 e. The van der Waals surface area contributed by atoms with Crippen LogP contribution in [0.2, 0.25) is 0 Å². The summed E-state index contributed by atoms with van der Waals surface area (Å²) in [4.78, 5) is 10.5. The summed E-state index contributed by atoms with van der Waals surface area (Å²) in [5.41, 5.74) is 11.8. The SMILES string of the molecule is c1ccc(-c2cccc(-c3cc(-c4cc(-c5ccc6sc7ccccc7c6c5)cc(-c5ccc6sc7ccccc7c6c5)c4)nc(-c4ccccc4)n3)c2)cc1. The van der Waals surface area contributed by atoms with Gasteiger partial charge in [-0.05, 0) is 100 Å². The van der Waals surface area contributed by atoms with Gasteiger partial charge in [-0.2, -0.15) is 0 Å². The largest absolute Gasteiger partial charge is 0.228 e. The van der Waals surface area contributed by atoms with Crippen LogP contribution >= 0.6 is 22.7 Å². The molecule has 8 aromatic carbocycles. The fourth-order valence-electron chi connectivity index (χ4n) is 7.87. The minimum atomic E-state index is 0.701. The first-order valence-corrected chi connectivity index (χ1v) is 20.4. The van der Waals surface area contributed by atoms with Crippen LogP contribution in [-0.2, 0) is 0 Å². The molecule has 0 saturated heterocycles. The molecular weight excluding hydrogens is 717 g/mol. The average molecular weight is 749 g/mol. The number of hydrogen-bond donors (Lipinski definition) is 0. The van der Waals surface area contributed by atoms with Crippen molar-refractivity contribution in [2.24, 2.45) is 0 Å². The average Bonchev–Trinajstić information content (AvgIpc) is 3.84. The third kappa shape index (κ3) is 5.88. The van der Waals surface area contributed by atoms with Gasteiger partial charge in [-0.15, -0.1) is 22.7 Å². The van der Waals surface area contributed by atoms with Gasteiger partial charge in [0.25, 0.3) is 0 Å². The van der Waals surface area contributed by atoms with E-state index >= 15 is 0 Å². The molecule has 3 aromatic heterocycles. The number of hydrogen-bond acceptors (Lipinski definition) is 4. The first kappa shape index (κ1) is 32.7. The van der Waals surface area contributed by atoms with Crippen molar-refractivity contribution in [1.82, 2.24) is 9.97 Å². The first-order chi connectivity index (χ1) is 27.7. The predicted octanol–water partition coefficient (Wildman–Crippen LogP) is 15.2. The molecule has 0 aliphatic heterocycles. The lowest BCUT2D eigenvalue weighted by Crippen LogP contribution is -1.97. The summed E-state index contributed by atoms with van der Waals surface area (Å²) in [7, 11) is 0. The maximum atomic E-state index is 5.31. The zero-order valence-corrected chi connectivity index (χ0v) is 31.8. The van der Waals surface area contributed by atoms with Gasteiger partial charge in [-0.25, -0.2) is 9.97 Å². The van der Waals surface area contributed by atoms with Crippen molar-refractivity contribution in [3.05, 3.63) is 194 Å². The first-order valence-electron chi connectivity index (χ1n) is 18.8. The van der Waals surface area contributed by atoms with Gasteiger partial charge < -0.3 is 0 Å². The zero-order chi connectivity index (χ0) is 37.0. The third-order valence-electron chi connectivity index (χ3n) is 10.7. The Bertz CT molecular complexity index is 3120. The van der Waals surface area contributed by atoms with E-state index in [4.69, 9.17) is 9.97 Å². The number of nitrogens with zero attached hydrogens (tertiary/aromatic N) is 2. The Morgan fingerprint density at radius 2 is 0.679 bits per heavy atom. The Balaban J connectivity index is 1.13. The molecule has 4 heteroatoms. The topological polar surface area (TPSA) is 25.8 Å². The molecule has 0 bridgehead atoms. The summed E-state index contributed by atoms with van der Waals surface area (Å²) in [5, 5.41) is 5.17. The maximum absolute atomic E-state index is 5.31. The molecule has 0 radical (unpaired) electrons. The van der Waals surface area contributed by atoms with E-state index in [1.165, 1.54) is 57.0 Å². The molecule has 56 heavy (non-hydrogen) atoms. The van der Waals surface area contributed by atoms with Crippen LogP contribution in [0, 0.1) is 0 Å². The summed E-state index contributed by atoms with van der Waals surface area (Å²) in [5.74, 6) is 0.701. The molecule has 3 heterocycles.